The molecule has 0 saturated heterocycles. The number of amides is 1. The average molecular weight is 270 g/mol. The Morgan fingerprint density at radius 3 is 2.41 bits per heavy atom. The summed E-state index contributed by atoms with van der Waals surface area (Å²) in [6.07, 6.45) is -4.75. The van der Waals surface area contributed by atoms with Crippen LogP contribution in [0.5, 0.6) is 0 Å². The van der Waals surface area contributed by atoms with Gasteiger partial charge in [-0.25, -0.2) is 4.39 Å². The summed E-state index contributed by atoms with van der Waals surface area (Å²) in [6.45, 7) is 0. The zero-order valence-corrected chi connectivity index (χ0v) is 8.69. The lowest BCUT2D eigenvalue weighted by molar-refractivity contribution is -0.137. The number of carbonyl (C=O) groups is 1. The van der Waals surface area contributed by atoms with Gasteiger partial charge in [-0.05, 0) is 18.2 Å². The van der Waals surface area contributed by atoms with Crippen LogP contribution in [-0.4, -0.2) is 14.7 Å². The number of benzene rings is 1. The van der Waals surface area contributed by atoms with Gasteiger partial charge in [-0.1, -0.05) is 0 Å². The molecule has 1 amide bonds. The number of carbonyl (C=O) groups excluding carboxylic acids is 1. The van der Waals surface area contributed by atoms with Gasteiger partial charge >= 0.3 is 6.18 Å². The third-order valence-corrected chi connectivity index (χ3v) is 2.07. The van der Waals surface area contributed by atoms with E-state index < -0.39 is 40.3 Å². The van der Waals surface area contributed by atoms with E-state index in [1.807, 2.05) is 0 Å². The van der Waals surface area contributed by atoms with Crippen LogP contribution in [0.4, 0.5) is 17.6 Å². The number of hydrogen-bond acceptors (Lipinski definition) is 3. The van der Waals surface area contributed by atoms with Gasteiger partial charge in [0.05, 0.1) is 11.1 Å². The van der Waals surface area contributed by atoms with Crippen LogP contribution >= 0.6 is 0 Å². The molecule has 0 bridgehead atoms. The first kappa shape index (κ1) is 13.6. The third kappa shape index (κ3) is 3.49. The Morgan fingerprint density at radius 1 is 1.35 bits per heavy atom. The first-order valence-corrected chi connectivity index (χ1v) is 5.06. The molecule has 94 valence electrons. The first-order valence-electron chi connectivity index (χ1n) is 3.99. The Balaban J connectivity index is 3.15. The largest absolute Gasteiger partial charge is 0.755 e. The van der Waals surface area contributed by atoms with E-state index in [-0.39, 0.29) is 6.07 Å². The number of hydrogen-bond donors (Lipinski definition) is 1. The zero-order valence-electron chi connectivity index (χ0n) is 7.88. The first-order chi connectivity index (χ1) is 7.71. The molecule has 0 aromatic heterocycles. The highest BCUT2D eigenvalue weighted by atomic mass is 32.2. The minimum atomic E-state index is -4.75. The topological polar surface area (TPSA) is 69.2 Å². The molecule has 0 saturated carbocycles. The van der Waals surface area contributed by atoms with Gasteiger partial charge in [0.2, 0.25) is 0 Å². The second-order valence-electron chi connectivity index (χ2n) is 2.86. The molecule has 0 radical (unpaired) electrons. The normalized spacial score (nSPS) is 13.2. The van der Waals surface area contributed by atoms with Crippen molar-refractivity contribution in [3.63, 3.8) is 0 Å². The van der Waals surface area contributed by atoms with E-state index in [2.05, 4.69) is 0 Å². The highest BCUT2D eigenvalue weighted by Gasteiger charge is 2.31. The molecule has 0 fully saturated rings. The summed E-state index contributed by atoms with van der Waals surface area (Å²) < 4.78 is 71.2. The third-order valence-electron chi connectivity index (χ3n) is 1.71. The van der Waals surface area contributed by atoms with E-state index in [0.717, 1.165) is 0 Å². The molecule has 0 aliphatic carbocycles. The molecular formula is C8H4F4NO3S-. The van der Waals surface area contributed by atoms with Crippen molar-refractivity contribution in [3.05, 3.63) is 35.1 Å². The van der Waals surface area contributed by atoms with Gasteiger partial charge in [-0.15, -0.1) is 0 Å². The second kappa shape index (κ2) is 4.80. The number of rotatable bonds is 2. The van der Waals surface area contributed by atoms with Crippen LogP contribution < -0.4 is 4.72 Å². The van der Waals surface area contributed by atoms with Crippen LogP contribution in [0, 0.1) is 5.82 Å². The van der Waals surface area contributed by atoms with Crippen molar-refractivity contribution in [2.75, 3.05) is 0 Å². The van der Waals surface area contributed by atoms with Gasteiger partial charge in [-0.3, -0.25) is 13.7 Å². The maximum atomic E-state index is 13.0. The summed E-state index contributed by atoms with van der Waals surface area (Å²) >= 11 is -3.03. The SMILES string of the molecule is O=C(NS(=O)[O-])c1cc(C(F)(F)F)ccc1F. The van der Waals surface area contributed by atoms with Gasteiger partial charge < -0.3 is 4.55 Å². The maximum Gasteiger partial charge on any atom is 0.416 e. The minimum absolute atomic E-state index is 0.234. The predicted molar refractivity (Wildman–Crippen MR) is 47.8 cm³/mol. The fraction of sp³-hybridized carbons (Fsp3) is 0.125. The van der Waals surface area contributed by atoms with Crippen molar-refractivity contribution < 1.29 is 31.1 Å². The molecule has 1 aromatic rings. The smallest absolute Gasteiger partial charge is 0.416 e. The quantitative estimate of drug-likeness (QED) is 0.651. The Kier molecular flexibility index (Phi) is 3.83. The van der Waals surface area contributed by atoms with Gasteiger partial charge in [0.1, 0.15) is 5.82 Å². The predicted octanol–water partition coefficient (Wildman–Crippen LogP) is 1.37. The Labute approximate surface area is 95.0 Å². The lowest BCUT2D eigenvalue weighted by atomic mass is 10.1. The number of nitrogens with one attached hydrogen (secondary N) is 1. The maximum absolute atomic E-state index is 13.0. The van der Waals surface area contributed by atoms with Crippen LogP contribution in [-0.2, 0) is 17.4 Å². The van der Waals surface area contributed by atoms with E-state index in [9.17, 15) is 31.1 Å². The molecule has 0 aliphatic rings. The van der Waals surface area contributed by atoms with Crippen LogP contribution in [0.2, 0.25) is 0 Å². The second-order valence-corrected chi connectivity index (χ2v) is 3.53. The summed E-state index contributed by atoms with van der Waals surface area (Å²) in [4.78, 5) is 11.0. The fourth-order valence-electron chi connectivity index (χ4n) is 1.01. The summed E-state index contributed by atoms with van der Waals surface area (Å²) in [7, 11) is 0. The number of halogens is 4. The molecule has 0 aliphatic heterocycles. The van der Waals surface area contributed by atoms with E-state index in [0.29, 0.717) is 12.1 Å². The van der Waals surface area contributed by atoms with Gasteiger partial charge in [0.15, 0.2) is 0 Å². The molecule has 9 heteroatoms. The van der Waals surface area contributed by atoms with E-state index in [4.69, 9.17) is 0 Å². The van der Waals surface area contributed by atoms with Crippen LogP contribution in [0.1, 0.15) is 15.9 Å². The van der Waals surface area contributed by atoms with Crippen molar-refractivity contribution in [1.82, 2.24) is 4.72 Å². The van der Waals surface area contributed by atoms with E-state index >= 15 is 0 Å². The molecule has 1 unspecified atom stereocenters. The number of alkyl halides is 3. The molecule has 0 spiro atoms. The minimum Gasteiger partial charge on any atom is -0.755 e. The monoisotopic (exact) mass is 270 g/mol. The molecule has 0 heterocycles. The molecule has 1 rings (SSSR count). The highest BCUT2D eigenvalue weighted by molar-refractivity contribution is 7.77. The van der Waals surface area contributed by atoms with Gasteiger partial charge in [-0.2, -0.15) is 13.2 Å². The lowest BCUT2D eigenvalue weighted by Gasteiger charge is -2.11. The fourth-order valence-corrected chi connectivity index (χ4v) is 1.27. The van der Waals surface area contributed by atoms with Crippen LogP contribution in [0.25, 0.3) is 0 Å². The molecule has 1 atom stereocenters. The molecule has 4 nitrogen and oxygen atoms in total. The van der Waals surface area contributed by atoms with Crippen molar-refractivity contribution in [2.24, 2.45) is 0 Å². The van der Waals surface area contributed by atoms with Crippen LogP contribution in [0.15, 0.2) is 18.2 Å². The Morgan fingerprint density at radius 2 is 1.94 bits per heavy atom. The highest BCUT2D eigenvalue weighted by Crippen LogP contribution is 2.30. The van der Waals surface area contributed by atoms with Gasteiger partial charge in [0, 0.05) is 11.3 Å². The molecule has 1 aromatic carbocycles. The van der Waals surface area contributed by atoms with Crippen LogP contribution in [0.3, 0.4) is 0 Å². The van der Waals surface area contributed by atoms with Crippen molar-refractivity contribution in [3.8, 4) is 0 Å². The molecule has 1 N–H and O–H groups in total. The molecule has 17 heavy (non-hydrogen) atoms. The molecular weight excluding hydrogens is 266 g/mol. The van der Waals surface area contributed by atoms with Gasteiger partial charge in [0.25, 0.3) is 5.91 Å². The average Bonchev–Trinajstić information content (AvgIpc) is 2.15. The zero-order chi connectivity index (χ0) is 13.2. The van der Waals surface area contributed by atoms with E-state index in [1.165, 1.54) is 4.72 Å². The lowest BCUT2D eigenvalue weighted by Crippen LogP contribution is -2.26. The van der Waals surface area contributed by atoms with E-state index in [1.54, 1.807) is 0 Å². The Hall–Kier alpha value is -1.48. The summed E-state index contributed by atoms with van der Waals surface area (Å²) in [5.41, 5.74) is -2.25. The standard InChI is InChI=1S/C8H5F4NO3S/c9-6-2-1-4(8(10,11)12)3-5(6)7(14)13-17(15)16/h1-3H,(H,13,14)(H,15,16)/p-1. The summed E-state index contributed by atoms with van der Waals surface area (Å²) in [5, 5.41) is 0. The van der Waals surface area contributed by atoms with Crippen molar-refractivity contribution >= 4 is 17.2 Å². The Bertz CT molecular complexity index is 474. The van der Waals surface area contributed by atoms with Crippen molar-refractivity contribution in [1.29, 1.82) is 0 Å². The van der Waals surface area contributed by atoms with Crippen molar-refractivity contribution in [2.45, 2.75) is 6.18 Å². The summed E-state index contributed by atoms with van der Waals surface area (Å²) in [6, 6.07) is 1.11. The summed E-state index contributed by atoms with van der Waals surface area (Å²) in [5.74, 6) is -2.72.